The summed E-state index contributed by atoms with van der Waals surface area (Å²) in [7, 11) is -1.50. The average molecular weight is 373 g/mol. The van der Waals surface area contributed by atoms with Crippen molar-refractivity contribution < 1.29 is 22.7 Å². The molecule has 25 heavy (non-hydrogen) atoms. The number of carbonyl (C=O) groups is 2. The van der Waals surface area contributed by atoms with Crippen LogP contribution >= 0.6 is 0 Å². The number of carbonyl (C=O) groups excluding carboxylic acids is 2. The third-order valence-electron chi connectivity index (χ3n) is 5.22. The standard InChI is InChI=1S/C16H27N3O5S/c1-17-15(21)13-8-24-16(9-18(13)7-12-3-4-12)10-19(11-16)14(20)5-6-25(2,22)23/h12-13H,3-11H2,1-2H3,(H,17,21)/t13-/m0/s1. The smallest absolute Gasteiger partial charge is 0.239 e. The zero-order chi connectivity index (χ0) is 18.2. The third kappa shape index (κ3) is 4.51. The highest BCUT2D eigenvalue weighted by molar-refractivity contribution is 7.90. The maximum atomic E-state index is 12.1. The predicted molar refractivity (Wildman–Crippen MR) is 91.7 cm³/mol. The fraction of sp³-hybridized carbons (Fsp3) is 0.875. The number of amides is 2. The summed E-state index contributed by atoms with van der Waals surface area (Å²) in [6.07, 6.45) is 3.57. The van der Waals surface area contributed by atoms with Crippen LogP contribution in [-0.4, -0.2) is 93.5 Å². The first-order valence-corrected chi connectivity index (χ1v) is 10.8. The summed E-state index contributed by atoms with van der Waals surface area (Å²) in [5, 5.41) is 2.70. The van der Waals surface area contributed by atoms with Gasteiger partial charge >= 0.3 is 0 Å². The first-order chi connectivity index (χ1) is 11.7. The zero-order valence-electron chi connectivity index (χ0n) is 14.9. The van der Waals surface area contributed by atoms with Gasteiger partial charge in [-0.1, -0.05) is 0 Å². The molecule has 0 bridgehead atoms. The molecule has 1 saturated carbocycles. The van der Waals surface area contributed by atoms with Crippen LogP contribution in [0.25, 0.3) is 0 Å². The highest BCUT2D eigenvalue weighted by atomic mass is 32.2. The molecule has 1 spiro atoms. The number of hydrogen-bond donors (Lipinski definition) is 1. The van der Waals surface area contributed by atoms with E-state index in [0.717, 1.165) is 12.8 Å². The van der Waals surface area contributed by atoms with E-state index in [4.69, 9.17) is 4.74 Å². The Morgan fingerprint density at radius 3 is 2.48 bits per heavy atom. The van der Waals surface area contributed by atoms with Gasteiger partial charge in [-0.3, -0.25) is 14.5 Å². The normalized spacial score (nSPS) is 26.3. The van der Waals surface area contributed by atoms with Crippen LogP contribution in [0.2, 0.25) is 0 Å². The van der Waals surface area contributed by atoms with Gasteiger partial charge in [-0.25, -0.2) is 8.42 Å². The summed E-state index contributed by atoms with van der Waals surface area (Å²) >= 11 is 0. The van der Waals surface area contributed by atoms with Gasteiger partial charge in [0.25, 0.3) is 0 Å². The van der Waals surface area contributed by atoms with Crippen molar-refractivity contribution in [1.29, 1.82) is 0 Å². The lowest BCUT2D eigenvalue weighted by Gasteiger charge is -2.55. The minimum absolute atomic E-state index is 0.0154. The Balaban J connectivity index is 1.55. The predicted octanol–water partition coefficient (Wildman–Crippen LogP) is -1.14. The SMILES string of the molecule is CNC(=O)[C@@H]1COC2(CN(C(=O)CCS(C)(=O)=O)C2)CN1CC1CC1. The van der Waals surface area contributed by atoms with Gasteiger partial charge in [0.1, 0.15) is 21.5 Å². The summed E-state index contributed by atoms with van der Waals surface area (Å²) in [4.78, 5) is 28.1. The monoisotopic (exact) mass is 373 g/mol. The fourth-order valence-corrected chi connectivity index (χ4v) is 4.11. The molecule has 9 heteroatoms. The van der Waals surface area contributed by atoms with Crippen LogP contribution in [0.5, 0.6) is 0 Å². The molecule has 3 fully saturated rings. The second-order valence-corrected chi connectivity index (χ2v) is 9.89. The van der Waals surface area contributed by atoms with E-state index >= 15 is 0 Å². The molecule has 1 N–H and O–H groups in total. The molecular formula is C16H27N3O5S. The molecule has 1 atom stereocenters. The van der Waals surface area contributed by atoms with E-state index in [-0.39, 0.29) is 30.0 Å². The number of likely N-dealkylation sites (tertiary alicyclic amines) is 1. The van der Waals surface area contributed by atoms with Crippen molar-refractivity contribution in [3.63, 3.8) is 0 Å². The van der Waals surface area contributed by atoms with Crippen LogP contribution in [-0.2, 0) is 24.2 Å². The molecule has 0 aromatic rings. The van der Waals surface area contributed by atoms with E-state index in [0.29, 0.717) is 32.2 Å². The Kier molecular flexibility index (Phi) is 5.09. The molecular weight excluding hydrogens is 346 g/mol. The second-order valence-electron chi connectivity index (χ2n) is 7.63. The maximum Gasteiger partial charge on any atom is 0.239 e. The lowest BCUT2D eigenvalue weighted by molar-refractivity contribution is -0.204. The molecule has 3 aliphatic rings. The van der Waals surface area contributed by atoms with Gasteiger partial charge in [0.05, 0.1) is 25.4 Å². The van der Waals surface area contributed by atoms with Crippen molar-refractivity contribution in [1.82, 2.24) is 15.1 Å². The summed E-state index contributed by atoms with van der Waals surface area (Å²) in [6.45, 7) is 2.80. The number of nitrogens with one attached hydrogen (secondary N) is 1. The van der Waals surface area contributed by atoms with Gasteiger partial charge < -0.3 is 15.0 Å². The lowest BCUT2D eigenvalue weighted by atomic mass is 9.90. The quantitative estimate of drug-likeness (QED) is 0.632. The zero-order valence-corrected chi connectivity index (χ0v) is 15.7. The van der Waals surface area contributed by atoms with Crippen molar-refractivity contribution in [2.45, 2.75) is 30.9 Å². The Morgan fingerprint density at radius 2 is 1.92 bits per heavy atom. The number of likely N-dealkylation sites (N-methyl/N-ethyl adjacent to an activating group) is 1. The number of nitrogens with zero attached hydrogens (tertiary/aromatic N) is 2. The fourth-order valence-electron chi connectivity index (χ4n) is 3.57. The Hall–Kier alpha value is -1.19. The van der Waals surface area contributed by atoms with Crippen molar-refractivity contribution >= 4 is 21.7 Å². The van der Waals surface area contributed by atoms with Crippen molar-refractivity contribution in [3.05, 3.63) is 0 Å². The summed E-state index contributed by atoms with van der Waals surface area (Å²) < 4.78 is 28.4. The molecule has 142 valence electrons. The maximum absolute atomic E-state index is 12.1. The minimum Gasteiger partial charge on any atom is -0.368 e. The molecule has 2 heterocycles. The summed E-state index contributed by atoms with van der Waals surface area (Å²) in [5.74, 6) is 0.357. The van der Waals surface area contributed by atoms with E-state index in [1.165, 1.54) is 12.8 Å². The molecule has 2 amide bonds. The van der Waals surface area contributed by atoms with Gasteiger partial charge in [-0.15, -0.1) is 0 Å². The van der Waals surface area contributed by atoms with E-state index in [1.807, 2.05) is 0 Å². The second kappa shape index (κ2) is 6.85. The number of sulfone groups is 1. The largest absolute Gasteiger partial charge is 0.368 e. The molecule has 2 aliphatic heterocycles. The van der Waals surface area contributed by atoms with Gasteiger partial charge in [0.15, 0.2) is 0 Å². The number of rotatable bonds is 6. The van der Waals surface area contributed by atoms with Crippen LogP contribution in [0.1, 0.15) is 19.3 Å². The Morgan fingerprint density at radius 1 is 1.24 bits per heavy atom. The summed E-state index contributed by atoms with van der Waals surface area (Å²) in [5.41, 5.74) is -0.417. The van der Waals surface area contributed by atoms with Crippen LogP contribution in [0.3, 0.4) is 0 Å². The minimum atomic E-state index is -3.14. The van der Waals surface area contributed by atoms with Gasteiger partial charge in [-0.2, -0.15) is 0 Å². The third-order valence-corrected chi connectivity index (χ3v) is 6.16. The molecule has 0 unspecified atom stereocenters. The van der Waals surface area contributed by atoms with E-state index < -0.39 is 15.4 Å². The van der Waals surface area contributed by atoms with Crippen molar-refractivity contribution in [2.75, 3.05) is 51.8 Å². The average Bonchev–Trinajstić information content (AvgIpc) is 3.32. The van der Waals surface area contributed by atoms with E-state index in [9.17, 15) is 18.0 Å². The molecule has 2 saturated heterocycles. The van der Waals surface area contributed by atoms with Crippen LogP contribution in [0.4, 0.5) is 0 Å². The molecule has 0 aromatic carbocycles. The molecule has 0 aromatic heterocycles. The van der Waals surface area contributed by atoms with E-state index in [2.05, 4.69) is 10.2 Å². The first kappa shape index (κ1) is 18.6. The Bertz CT molecular complexity index is 640. The van der Waals surface area contributed by atoms with E-state index in [1.54, 1.807) is 11.9 Å². The van der Waals surface area contributed by atoms with Crippen molar-refractivity contribution in [3.8, 4) is 0 Å². The number of hydrogen-bond acceptors (Lipinski definition) is 6. The first-order valence-electron chi connectivity index (χ1n) is 8.76. The highest BCUT2D eigenvalue weighted by Crippen LogP contribution is 2.35. The topological polar surface area (TPSA) is 96.0 Å². The van der Waals surface area contributed by atoms with Crippen LogP contribution in [0, 0.1) is 5.92 Å². The number of ether oxygens (including phenoxy) is 1. The van der Waals surface area contributed by atoms with Gasteiger partial charge in [0, 0.05) is 32.8 Å². The van der Waals surface area contributed by atoms with Crippen LogP contribution in [0.15, 0.2) is 0 Å². The molecule has 1 aliphatic carbocycles. The summed E-state index contributed by atoms with van der Waals surface area (Å²) in [6, 6.07) is -0.272. The Labute approximate surface area is 148 Å². The van der Waals surface area contributed by atoms with Crippen LogP contribution < -0.4 is 5.32 Å². The molecule has 0 radical (unpaired) electrons. The van der Waals surface area contributed by atoms with Crippen molar-refractivity contribution in [2.24, 2.45) is 5.92 Å². The highest BCUT2D eigenvalue weighted by Gasteiger charge is 2.52. The van der Waals surface area contributed by atoms with Gasteiger partial charge in [-0.05, 0) is 18.8 Å². The number of morpholine rings is 1. The molecule has 3 rings (SSSR count). The molecule has 8 nitrogen and oxygen atoms in total. The van der Waals surface area contributed by atoms with Gasteiger partial charge in [0.2, 0.25) is 11.8 Å². The lowest BCUT2D eigenvalue weighted by Crippen LogP contribution is -2.73.